The molecule has 0 atom stereocenters. The lowest BCUT2D eigenvalue weighted by atomic mass is 10.1. The van der Waals surface area contributed by atoms with Crippen LogP contribution in [0.25, 0.3) is 0 Å². The summed E-state index contributed by atoms with van der Waals surface area (Å²) in [6, 6.07) is 2.29. The maximum Gasteiger partial charge on any atom is 0.337 e. The first-order valence-electron chi connectivity index (χ1n) is 5.13. The number of urea groups is 1. The third kappa shape index (κ3) is 2.15. The Morgan fingerprint density at radius 1 is 1.39 bits per heavy atom. The van der Waals surface area contributed by atoms with Crippen LogP contribution in [-0.4, -0.2) is 29.6 Å². The summed E-state index contributed by atoms with van der Waals surface area (Å²) in [4.78, 5) is 34.6. The van der Waals surface area contributed by atoms with Crippen molar-refractivity contribution in [3.05, 3.63) is 29.6 Å². The fraction of sp³-hybridized carbons (Fsp3) is 0.182. The molecule has 0 bridgehead atoms. The summed E-state index contributed by atoms with van der Waals surface area (Å²) in [5.41, 5.74) is -0.256. The van der Waals surface area contributed by atoms with E-state index in [0.717, 1.165) is 23.1 Å². The number of anilines is 1. The van der Waals surface area contributed by atoms with E-state index in [1.165, 1.54) is 0 Å². The predicted molar refractivity (Wildman–Crippen MR) is 58.9 cm³/mol. The second-order valence-electron chi connectivity index (χ2n) is 3.72. The second-order valence-corrected chi connectivity index (χ2v) is 3.72. The molecule has 2 N–H and O–H groups in total. The molecule has 18 heavy (non-hydrogen) atoms. The molecule has 1 heterocycles. The Balaban J connectivity index is 2.43. The van der Waals surface area contributed by atoms with Crippen LogP contribution in [0.3, 0.4) is 0 Å². The lowest BCUT2D eigenvalue weighted by Gasteiger charge is -2.27. The first-order chi connectivity index (χ1) is 8.49. The number of benzene rings is 1. The van der Waals surface area contributed by atoms with Gasteiger partial charge in [-0.2, -0.15) is 0 Å². The number of halogens is 1. The molecule has 94 valence electrons. The van der Waals surface area contributed by atoms with Crippen molar-refractivity contribution in [1.29, 1.82) is 0 Å². The van der Waals surface area contributed by atoms with Crippen LogP contribution < -0.4 is 10.2 Å². The highest BCUT2D eigenvalue weighted by molar-refractivity contribution is 6.08. The summed E-state index contributed by atoms with van der Waals surface area (Å²) in [6.07, 6.45) is 0.0430. The van der Waals surface area contributed by atoms with Crippen LogP contribution in [0.1, 0.15) is 16.8 Å². The summed E-state index contributed by atoms with van der Waals surface area (Å²) in [5.74, 6) is -2.36. The molecule has 0 aromatic heterocycles. The van der Waals surface area contributed by atoms with Crippen LogP contribution in [0.2, 0.25) is 0 Å². The number of carboxylic acids is 1. The minimum Gasteiger partial charge on any atom is -0.478 e. The zero-order valence-corrected chi connectivity index (χ0v) is 9.14. The van der Waals surface area contributed by atoms with E-state index in [0.29, 0.717) is 0 Å². The summed E-state index contributed by atoms with van der Waals surface area (Å²) >= 11 is 0. The van der Waals surface area contributed by atoms with Gasteiger partial charge in [0.2, 0.25) is 5.91 Å². The van der Waals surface area contributed by atoms with E-state index in [1.807, 2.05) is 5.32 Å². The van der Waals surface area contributed by atoms with Crippen molar-refractivity contribution in [3.63, 3.8) is 0 Å². The molecule has 1 aliphatic heterocycles. The number of rotatable bonds is 2. The summed E-state index contributed by atoms with van der Waals surface area (Å²) in [5, 5.41) is 11.0. The van der Waals surface area contributed by atoms with Gasteiger partial charge >= 0.3 is 12.0 Å². The number of imide groups is 1. The lowest BCUT2D eigenvalue weighted by molar-refractivity contribution is -0.120. The van der Waals surface area contributed by atoms with E-state index in [4.69, 9.17) is 5.11 Å². The summed E-state index contributed by atoms with van der Waals surface area (Å²) < 4.78 is 13.2. The molecule has 3 amide bonds. The van der Waals surface area contributed by atoms with E-state index in [9.17, 15) is 18.8 Å². The highest BCUT2D eigenvalue weighted by Gasteiger charge is 2.27. The third-order valence-electron chi connectivity index (χ3n) is 2.53. The third-order valence-corrected chi connectivity index (χ3v) is 2.53. The molecule has 1 aromatic carbocycles. The standard InChI is InChI=1S/C11H9FN2O4/c12-6-1-2-7(10(16)17)8(5-6)14-4-3-9(15)13-11(14)18/h1-2,5H,3-4H2,(H,16,17)(H,13,15,18). The maximum absolute atomic E-state index is 13.2. The van der Waals surface area contributed by atoms with E-state index in [1.54, 1.807) is 0 Å². The lowest BCUT2D eigenvalue weighted by Crippen LogP contribution is -2.50. The van der Waals surface area contributed by atoms with Crippen LogP contribution in [0, 0.1) is 5.82 Å². The van der Waals surface area contributed by atoms with Gasteiger partial charge in [0.05, 0.1) is 11.3 Å². The normalized spacial score (nSPS) is 15.5. The molecule has 7 heteroatoms. The number of nitrogens with zero attached hydrogens (tertiary/aromatic N) is 1. The first-order valence-corrected chi connectivity index (χ1v) is 5.13. The van der Waals surface area contributed by atoms with Gasteiger partial charge in [-0.15, -0.1) is 0 Å². The van der Waals surface area contributed by atoms with Crippen LogP contribution in [0.5, 0.6) is 0 Å². The Kier molecular flexibility index (Phi) is 2.97. The molecule has 0 aliphatic carbocycles. The van der Waals surface area contributed by atoms with Crippen molar-refractivity contribution in [3.8, 4) is 0 Å². The van der Waals surface area contributed by atoms with E-state index in [2.05, 4.69) is 0 Å². The number of aromatic carboxylic acids is 1. The molecule has 0 unspecified atom stereocenters. The quantitative estimate of drug-likeness (QED) is 0.821. The monoisotopic (exact) mass is 252 g/mol. The number of carboxylic acid groups (broad SMARTS) is 1. The van der Waals surface area contributed by atoms with E-state index < -0.39 is 23.7 Å². The Morgan fingerprint density at radius 2 is 2.11 bits per heavy atom. The molecule has 1 fully saturated rings. The highest BCUT2D eigenvalue weighted by atomic mass is 19.1. The Hall–Kier alpha value is -2.44. The number of nitrogens with one attached hydrogen (secondary N) is 1. The minimum absolute atomic E-state index is 0.0222. The van der Waals surface area contributed by atoms with Crippen molar-refractivity contribution < 1.29 is 23.9 Å². The molecule has 1 aliphatic rings. The van der Waals surface area contributed by atoms with Crippen molar-refractivity contribution in [2.45, 2.75) is 6.42 Å². The SMILES string of the molecule is O=C1CCN(c2cc(F)ccc2C(=O)O)C(=O)N1. The van der Waals surface area contributed by atoms with Crippen LogP contribution in [0.4, 0.5) is 14.9 Å². The number of carbonyl (C=O) groups is 3. The average molecular weight is 252 g/mol. The smallest absolute Gasteiger partial charge is 0.337 e. The second kappa shape index (κ2) is 4.44. The molecule has 0 spiro atoms. The predicted octanol–water partition coefficient (Wildman–Crippen LogP) is 0.970. The van der Waals surface area contributed by atoms with Gasteiger partial charge in [-0.1, -0.05) is 0 Å². The van der Waals surface area contributed by atoms with E-state index in [-0.39, 0.29) is 24.2 Å². The average Bonchev–Trinajstić information content (AvgIpc) is 2.28. The zero-order chi connectivity index (χ0) is 13.3. The fourth-order valence-corrected chi connectivity index (χ4v) is 1.70. The summed E-state index contributed by atoms with van der Waals surface area (Å²) in [7, 11) is 0. The topological polar surface area (TPSA) is 86.7 Å². The largest absolute Gasteiger partial charge is 0.478 e. The van der Waals surface area contributed by atoms with E-state index >= 15 is 0 Å². The maximum atomic E-state index is 13.2. The summed E-state index contributed by atoms with van der Waals surface area (Å²) in [6.45, 7) is 0.0222. The van der Waals surface area contributed by atoms with Crippen molar-refractivity contribution >= 4 is 23.6 Å². The molecule has 0 saturated carbocycles. The zero-order valence-electron chi connectivity index (χ0n) is 9.14. The molecular formula is C11H9FN2O4. The van der Waals surface area contributed by atoms with Gasteiger partial charge < -0.3 is 5.11 Å². The molecule has 0 radical (unpaired) electrons. The highest BCUT2D eigenvalue weighted by Crippen LogP contribution is 2.23. The van der Waals surface area contributed by atoms with Gasteiger partial charge in [-0.3, -0.25) is 15.0 Å². The molecular weight excluding hydrogens is 243 g/mol. The number of hydrogen-bond donors (Lipinski definition) is 2. The molecule has 1 saturated heterocycles. The van der Waals surface area contributed by atoms with Gasteiger partial charge in [0, 0.05) is 13.0 Å². The van der Waals surface area contributed by atoms with Gasteiger partial charge in [-0.05, 0) is 18.2 Å². The van der Waals surface area contributed by atoms with Crippen molar-refractivity contribution in [2.24, 2.45) is 0 Å². The van der Waals surface area contributed by atoms with Crippen LogP contribution >= 0.6 is 0 Å². The van der Waals surface area contributed by atoms with Crippen LogP contribution in [0.15, 0.2) is 18.2 Å². The van der Waals surface area contributed by atoms with Crippen molar-refractivity contribution in [1.82, 2.24) is 5.32 Å². The molecule has 1 aromatic rings. The van der Waals surface area contributed by atoms with Gasteiger partial charge in [0.1, 0.15) is 5.82 Å². The minimum atomic E-state index is -1.27. The van der Waals surface area contributed by atoms with Gasteiger partial charge in [0.15, 0.2) is 0 Å². The number of hydrogen-bond acceptors (Lipinski definition) is 3. The number of carbonyl (C=O) groups excluding carboxylic acids is 2. The van der Waals surface area contributed by atoms with Gasteiger partial charge in [0.25, 0.3) is 0 Å². The van der Waals surface area contributed by atoms with Crippen LogP contribution in [-0.2, 0) is 4.79 Å². The molecule has 2 rings (SSSR count). The Bertz CT molecular complexity index is 544. The number of amides is 3. The van der Waals surface area contributed by atoms with Gasteiger partial charge in [-0.25, -0.2) is 14.0 Å². The molecule has 6 nitrogen and oxygen atoms in total. The first kappa shape index (κ1) is 12.0. The Labute approximate surface area is 101 Å². The Morgan fingerprint density at radius 3 is 2.72 bits per heavy atom. The van der Waals surface area contributed by atoms with Crippen molar-refractivity contribution in [2.75, 3.05) is 11.4 Å². The fourth-order valence-electron chi connectivity index (χ4n) is 1.70.